The van der Waals surface area contributed by atoms with E-state index in [1.165, 1.54) is 17.1 Å². The lowest BCUT2D eigenvalue weighted by Gasteiger charge is -2.40. The topological polar surface area (TPSA) is 87.7 Å². The SMILES string of the molecule is O=S(=O)(NCC1CN(c2ccc(C3CC3)nn2)C1)N1CCOCC1. The molecule has 0 amide bonds. The molecule has 0 aromatic carbocycles. The van der Waals surface area contributed by atoms with E-state index in [2.05, 4.69) is 25.9 Å². The smallest absolute Gasteiger partial charge is 0.279 e. The van der Waals surface area contributed by atoms with Crippen LogP contribution in [0.15, 0.2) is 12.1 Å². The van der Waals surface area contributed by atoms with Gasteiger partial charge in [-0.05, 0) is 25.0 Å². The first-order valence-electron chi connectivity index (χ1n) is 8.53. The van der Waals surface area contributed by atoms with Gasteiger partial charge in [-0.3, -0.25) is 0 Å². The predicted molar refractivity (Wildman–Crippen MR) is 89.0 cm³/mol. The molecule has 1 saturated carbocycles. The van der Waals surface area contributed by atoms with Crippen LogP contribution in [-0.4, -0.2) is 68.9 Å². The third kappa shape index (κ3) is 3.53. The molecule has 0 bridgehead atoms. The molecule has 132 valence electrons. The number of morpholine rings is 1. The summed E-state index contributed by atoms with van der Waals surface area (Å²) in [6.45, 7) is 3.86. The highest BCUT2D eigenvalue weighted by Gasteiger charge is 2.31. The fraction of sp³-hybridized carbons (Fsp3) is 0.733. The Morgan fingerprint density at radius 1 is 1.17 bits per heavy atom. The molecule has 1 aromatic rings. The molecule has 1 aromatic heterocycles. The number of nitrogens with one attached hydrogen (secondary N) is 1. The van der Waals surface area contributed by atoms with Gasteiger partial charge in [-0.15, -0.1) is 5.10 Å². The highest BCUT2D eigenvalue weighted by molar-refractivity contribution is 7.87. The van der Waals surface area contributed by atoms with Crippen molar-refractivity contribution in [3.8, 4) is 0 Å². The second-order valence-electron chi connectivity index (χ2n) is 6.73. The molecule has 0 unspecified atom stereocenters. The van der Waals surface area contributed by atoms with Gasteiger partial charge in [0.2, 0.25) is 0 Å². The second kappa shape index (κ2) is 6.55. The molecule has 1 N–H and O–H groups in total. The lowest BCUT2D eigenvalue weighted by atomic mass is 10.0. The van der Waals surface area contributed by atoms with E-state index in [4.69, 9.17) is 4.74 Å². The molecule has 2 saturated heterocycles. The van der Waals surface area contributed by atoms with Crippen LogP contribution in [0, 0.1) is 5.92 Å². The quantitative estimate of drug-likeness (QED) is 0.772. The average Bonchev–Trinajstić information content (AvgIpc) is 3.40. The molecule has 24 heavy (non-hydrogen) atoms. The summed E-state index contributed by atoms with van der Waals surface area (Å²) >= 11 is 0. The van der Waals surface area contributed by atoms with Gasteiger partial charge < -0.3 is 9.64 Å². The predicted octanol–water partition coefficient (Wildman–Crippen LogP) is -0.0432. The molecule has 1 aliphatic carbocycles. The Balaban J connectivity index is 1.24. The van der Waals surface area contributed by atoms with E-state index >= 15 is 0 Å². The number of aromatic nitrogens is 2. The van der Waals surface area contributed by atoms with Crippen molar-refractivity contribution in [1.82, 2.24) is 19.2 Å². The number of ether oxygens (including phenoxy) is 1. The van der Waals surface area contributed by atoms with E-state index in [0.717, 1.165) is 24.6 Å². The van der Waals surface area contributed by atoms with Gasteiger partial charge >= 0.3 is 0 Å². The molecular formula is C15H23N5O3S. The third-order valence-electron chi connectivity index (χ3n) is 4.81. The van der Waals surface area contributed by atoms with E-state index in [1.54, 1.807) is 0 Å². The molecule has 9 heteroatoms. The van der Waals surface area contributed by atoms with E-state index in [0.29, 0.717) is 44.7 Å². The standard InChI is InChI=1S/C15H23N5O3S/c21-24(22,20-5-7-23-8-6-20)16-9-12-10-19(11-12)15-4-3-14(17-18-15)13-1-2-13/h3-4,12-13,16H,1-2,5-11H2. The summed E-state index contributed by atoms with van der Waals surface area (Å²) in [7, 11) is -3.39. The molecule has 3 fully saturated rings. The Morgan fingerprint density at radius 3 is 2.54 bits per heavy atom. The van der Waals surface area contributed by atoms with Crippen LogP contribution in [0.4, 0.5) is 5.82 Å². The zero-order valence-electron chi connectivity index (χ0n) is 13.6. The van der Waals surface area contributed by atoms with Gasteiger partial charge in [-0.25, -0.2) is 4.72 Å². The van der Waals surface area contributed by atoms with Crippen molar-refractivity contribution in [2.75, 3.05) is 50.8 Å². The summed E-state index contributed by atoms with van der Waals surface area (Å²) in [5.41, 5.74) is 1.09. The first-order valence-corrected chi connectivity index (χ1v) is 9.97. The molecule has 8 nitrogen and oxygen atoms in total. The summed E-state index contributed by atoms with van der Waals surface area (Å²) in [4.78, 5) is 2.14. The largest absolute Gasteiger partial charge is 0.379 e. The number of rotatable bonds is 6. The van der Waals surface area contributed by atoms with Crippen LogP contribution in [0.5, 0.6) is 0 Å². The Morgan fingerprint density at radius 2 is 1.92 bits per heavy atom. The summed E-state index contributed by atoms with van der Waals surface area (Å²) in [5.74, 6) is 1.81. The lowest BCUT2D eigenvalue weighted by Crippen LogP contribution is -2.54. The van der Waals surface area contributed by atoms with Crippen LogP contribution < -0.4 is 9.62 Å². The minimum atomic E-state index is -3.39. The summed E-state index contributed by atoms with van der Waals surface area (Å²) in [6.07, 6.45) is 2.45. The third-order valence-corrected chi connectivity index (χ3v) is 6.39. The Kier molecular flexibility index (Phi) is 4.42. The maximum absolute atomic E-state index is 12.2. The van der Waals surface area contributed by atoms with Crippen LogP contribution in [0.2, 0.25) is 0 Å². The van der Waals surface area contributed by atoms with Crippen molar-refractivity contribution >= 4 is 16.0 Å². The molecule has 0 radical (unpaired) electrons. The van der Waals surface area contributed by atoms with E-state index in [1.807, 2.05) is 6.07 Å². The monoisotopic (exact) mass is 353 g/mol. The Hall–Kier alpha value is -1.29. The van der Waals surface area contributed by atoms with Crippen LogP contribution >= 0.6 is 0 Å². The van der Waals surface area contributed by atoms with Crippen molar-refractivity contribution in [2.24, 2.45) is 5.92 Å². The lowest BCUT2D eigenvalue weighted by molar-refractivity contribution is 0.0724. The van der Waals surface area contributed by atoms with Gasteiger partial charge in [0.15, 0.2) is 5.82 Å². The summed E-state index contributed by atoms with van der Waals surface area (Å²) in [6, 6.07) is 4.09. The van der Waals surface area contributed by atoms with Gasteiger partial charge in [0.1, 0.15) is 0 Å². The number of anilines is 1. The average molecular weight is 353 g/mol. The molecular weight excluding hydrogens is 330 g/mol. The van der Waals surface area contributed by atoms with Crippen LogP contribution in [0.25, 0.3) is 0 Å². The van der Waals surface area contributed by atoms with Crippen molar-refractivity contribution in [3.63, 3.8) is 0 Å². The Labute approximate surface area is 142 Å². The molecule has 4 rings (SSSR count). The van der Waals surface area contributed by atoms with Crippen molar-refractivity contribution in [3.05, 3.63) is 17.8 Å². The van der Waals surface area contributed by atoms with E-state index in [-0.39, 0.29) is 0 Å². The maximum atomic E-state index is 12.2. The summed E-state index contributed by atoms with van der Waals surface area (Å²) < 4.78 is 33.8. The second-order valence-corrected chi connectivity index (χ2v) is 8.48. The van der Waals surface area contributed by atoms with E-state index < -0.39 is 10.2 Å². The fourth-order valence-electron chi connectivity index (χ4n) is 3.09. The van der Waals surface area contributed by atoms with Crippen LogP contribution in [0.1, 0.15) is 24.5 Å². The van der Waals surface area contributed by atoms with Gasteiger partial charge in [0.05, 0.1) is 18.9 Å². The summed E-state index contributed by atoms with van der Waals surface area (Å²) in [5, 5.41) is 8.59. The highest BCUT2D eigenvalue weighted by atomic mass is 32.2. The number of hydrogen-bond donors (Lipinski definition) is 1. The molecule has 0 spiro atoms. The number of nitrogens with zero attached hydrogens (tertiary/aromatic N) is 4. The van der Waals surface area contributed by atoms with Gasteiger partial charge in [-0.2, -0.15) is 17.8 Å². The van der Waals surface area contributed by atoms with E-state index in [9.17, 15) is 8.42 Å². The van der Waals surface area contributed by atoms with Crippen molar-refractivity contribution < 1.29 is 13.2 Å². The van der Waals surface area contributed by atoms with Crippen molar-refractivity contribution in [1.29, 1.82) is 0 Å². The first kappa shape index (κ1) is 16.2. The van der Waals surface area contributed by atoms with Gasteiger partial charge in [0, 0.05) is 44.6 Å². The van der Waals surface area contributed by atoms with Crippen LogP contribution in [0.3, 0.4) is 0 Å². The zero-order chi connectivity index (χ0) is 16.6. The minimum Gasteiger partial charge on any atom is -0.379 e. The normalized spacial score (nSPS) is 23.2. The fourth-order valence-corrected chi connectivity index (χ4v) is 4.35. The molecule has 2 aliphatic heterocycles. The molecule has 0 atom stereocenters. The number of hydrogen-bond acceptors (Lipinski definition) is 6. The molecule has 3 heterocycles. The van der Waals surface area contributed by atoms with Crippen molar-refractivity contribution in [2.45, 2.75) is 18.8 Å². The van der Waals surface area contributed by atoms with Crippen LogP contribution in [-0.2, 0) is 14.9 Å². The zero-order valence-corrected chi connectivity index (χ0v) is 14.4. The molecule has 3 aliphatic rings. The minimum absolute atomic E-state index is 0.311. The maximum Gasteiger partial charge on any atom is 0.279 e. The highest BCUT2D eigenvalue weighted by Crippen LogP contribution is 2.38. The van der Waals surface area contributed by atoms with Gasteiger partial charge in [0.25, 0.3) is 10.2 Å². The Bertz CT molecular complexity index is 665. The first-order chi connectivity index (χ1) is 11.6. The van der Waals surface area contributed by atoms with Gasteiger partial charge in [-0.1, -0.05) is 0 Å².